The van der Waals surface area contributed by atoms with Crippen LogP contribution in [0.5, 0.6) is 0 Å². The van der Waals surface area contributed by atoms with Crippen LogP contribution < -0.4 is 10.2 Å². The topological polar surface area (TPSA) is 58.1 Å². The molecule has 0 aromatic carbocycles. The lowest BCUT2D eigenvalue weighted by molar-refractivity contribution is 0.0948. The van der Waals surface area contributed by atoms with Crippen LogP contribution in [0.4, 0.5) is 5.82 Å². The van der Waals surface area contributed by atoms with E-state index in [0.29, 0.717) is 12.2 Å². The third kappa shape index (κ3) is 5.15. The van der Waals surface area contributed by atoms with E-state index in [2.05, 4.69) is 41.0 Å². The predicted molar refractivity (Wildman–Crippen MR) is 82.1 cm³/mol. The summed E-state index contributed by atoms with van der Waals surface area (Å²) in [5, 5.41) is 2.88. The molecule has 1 heterocycles. The third-order valence-electron chi connectivity index (χ3n) is 3.01. The molecule has 1 aromatic heterocycles. The van der Waals surface area contributed by atoms with Gasteiger partial charge in [-0.15, -0.1) is 0 Å². The maximum Gasteiger partial charge on any atom is 0.270 e. The molecule has 0 unspecified atom stereocenters. The third-order valence-corrected chi connectivity index (χ3v) is 3.01. The fraction of sp³-hybridized carbons (Fsp3) is 0.667. The van der Waals surface area contributed by atoms with Crippen LogP contribution in [-0.2, 0) is 0 Å². The van der Waals surface area contributed by atoms with Crippen molar-refractivity contribution < 1.29 is 4.79 Å². The minimum atomic E-state index is -0.116. The summed E-state index contributed by atoms with van der Waals surface area (Å²) in [5.74, 6) is 0.722. The van der Waals surface area contributed by atoms with Crippen molar-refractivity contribution in [1.82, 2.24) is 15.3 Å². The number of carbonyl (C=O) groups excluding carboxylic acids is 1. The average Bonchev–Trinajstić information content (AvgIpc) is 2.47. The Morgan fingerprint density at radius 2 is 1.85 bits per heavy atom. The van der Waals surface area contributed by atoms with Crippen molar-refractivity contribution in [3.8, 4) is 0 Å². The number of nitrogens with one attached hydrogen (secondary N) is 1. The second kappa shape index (κ2) is 9.28. The van der Waals surface area contributed by atoms with E-state index in [1.165, 1.54) is 6.33 Å². The van der Waals surface area contributed by atoms with Crippen LogP contribution in [0.2, 0.25) is 0 Å². The molecular weight excluding hydrogens is 252 g/mol. The first-order valence-corrected chi connectivity index (χ1v) is 7.58. The molecule has 0 aliphatic rings. The predicted octanol–water partition coefficient (Wildman–Crippen LogP) is 2.63. The molecule has 0 atom stereocenters. The highest BCUT2D eigenvalue weighted by atomic mass is 16.1. The number of amides is 1. The summed E-state index contributed by atoms with van der Waals surface area (Å²) in [6.45, 7) is 8.97. The summed E-state index contributed by atoms with van der Waals surface area (Å²) in [4.78, 5) is 22.6. The van der Waals surface area contributed by atoms with E-state index in [1.54, 1.807) is 6.07 Å². The van der Waals surface area contributed by atoms with Gasteiger partial charge in [0.05, 0.1) is 0 Å². The van der Waals surface area contributed by atoms with Crippen LogP contribution in [0, 0.1) is 0 Å². The summed E-state index contributed by atoms with van der Waals surface area (Å²) in [6.07, 6.45) is 5.64. The van der Waals surface area contributed by atoms with Crippen LogP contribution in [0.1, 0.15) is 56.9 Å². The Morgan fingerprint density at radius 1 is 1.15 bits per heavy atom. The fourth-order valence-electron chi connectivity index (χ4n) is 1.99. The molecule has 20 heavy (non-hydrogen) atoms. The number of hydrogen-bond acceptors (Lipinski definition) is 4. The molecule has 1 amide bonds. The molecule has 112 valence electrons. The van der Waals surface area contributed by atoms with Gasteiger partial charge in [0.15, 0.2) is 0 Å². The summed E-state index contributed by atoms with van der Waals surface area (Å²) < 4.78 is 0. The van der Waals surface area contributed by atoms with Gasteiger partial charge in [-0.2, -0.15) is 0 Å². The molecule has 0 spiro atoms. The van der Waals surface area contributed by atoms with Crippen molar-refractivity contribution >= 4 is 11.7 Å². The summed E-state index contributed by atoms with van der Waals surface area (Å²) >= 11 is 0. The van der Waals surface area contributed by atoms with Crippen LogP contribution in [-0.4, -0.2) is 35.5 Å². The van der Waals surface area contributed by atoms with Gasteiger partial charge in [-0.25, -0.2) is 9.97 Å². The molecule has 1 N–H and O–H groups in total. The molecule has 0 aliphatic carbocycles. The highest BCUT2D eigenvalue weighted by Crippen LogP contribution is 2.12. The van der Waals surface area contributed by atoms with E-state index in [0.717, 1.165) is 44.6 Å². The van der Waals surface area contributed by atoms with Gasteiger partial charge < -0.3 is 10.2 Å². The number of unbranched alkanes of at least 4 members (excludes halogenated alkanes) is 1. The number of anilines is 1. The lowest BCUT2D eigenvalue weighted by Gasteiger charge is -2.22. The molecule has 1 rings (SSSR count). The van der Waals surface area contributed by atoms with E-state index < -0.39 is 0 Å². The Morgan fingerprint density at radius 3 is 2.45 bits per heavy atom. The maximum atomic E-state index is 12.0. The number of rotatable bonds is 9. The molecule has 5 heteroatoms. The van der Waals surface area contributed by atoms with Crippen molar-refractivity contribution in [3.05, 3.63) is 18.1 Å². The van der Waals surface area contributed by atoms with Gasteiger partial charge in [-0.3, -0.25) is 4.79 Å². The minimum absolute atomic E-state index is 0.116. The highest BCUT2D eigenvalue weighted by molar-refractivity contribution is 5.92. The second-order valence-corrected chi connectivity index (χ2v) is 4.86. The molecule has 0 saturated carbocycles. The number of aromatic nitrogens is 2. The second-order valence-electron chi connectivity index (χ2n) is 4.86. The largest absolute Gasteiger partial charge is 0.357 e. The monoisotopic (exact) mass is 278 g/mol. The van der Waals surface area contributed by atoms with Crippen molar-refractivity contribution in [1.29, 1.82) is 0 Å². The molecule has 0 fully saturated rings. The smallest absolute Gasteiger partial charge is 0.270 e. The lowest BCUT2D eigenvalue weighted by Crippen LogP contribution is -2.28. The van der Waals surface area contributed by atoms with Crippen molar-refractivity contribution in [2.75, 3.05) is 24.5 Å². The summed E-state index contributed by atoms with van der Waals surface area (Å²) in [5.41, 5.74) is 0.448. The molecule has 1 aromatic rings. The number of carbonyl (C=O) groups is 1. The standard InChI is InChI=1S/C15H26N4O/c1-4-7-8-16-15(20)13-11-14(18-12-17-13)19(9-5-2)10-6-3/h11-12H,4-10H2,1-3H3,(H,16,20). The van der Waals surface area contributed by atoms with E-state index in [9.17, 15) is 4.79 Å². The Balaban J connectivity index is 2.74. The zero-order valence-electron chi connectivity index (χ0n) is 12.9. The zero-order valence-corrected chi connectivity index (χ0v) is 12.9. The Labute approximate surface area is 121 Å². The van der Waals surface area contributed by atoms with Crippen LogP contribution in [0.3, 0.4) is 0 Å². The van der Waals surface area contributed by atoms with Crippen molar-refractivity contribution in [3.63, 3.8) is 0 Å². The van der Waals surface area contributed by atoms with Crippen molar-refractivity contribution in [2.24, 2.45) is 0 Å². The summed E-state index contributed by atoms with van der Waals surface area (Å²) in [6, 6.07) is 1.78. The lowest BCUT2D eigenvalue weighted by atomic mass is 10.3. The highest BCUT2D eigenvalue weighted by Gasteiger charge is 2.11. The molecule has 0 saturated heterocycles. The minimum Gasteiger partial charge on any atom is -0.357 e. The SMILES string of the molecule is CCCCNC(=O)c1cc(N(CCC)CCC)ncn1. The first-order valence-electron chi connectivity index (χ1n) is 7.58. The van der Waals surface area contributed by atoms with Gasteiger partial charge >= 0.3 is 0 Å². The Bertz CT molecular complexity index is 403. The van der Waals surface area contributed by atoms with Crippen LogP contribution in [0.25, 0.3) is 0 Å². The Hall–Kier alpha value is -1.65. The van der Waals surface area contributed by atoms with Gasteiger partial charge in [0.1, 0.15) is 17.8 Å². The van der Waals surface area contributed by atoms with E-state index in [4.69, 9.17) is 0 Å². The van der Waals surface area contributed by atoms with E-state index in [1.807, 2.05) is 0 Å². The first kappa shape index (κ1) is 16.4. The molecule has 5 nitrogen and oxygen atoms in total. The molecular formula is C15H26N4O. The first-order chi connectivity index (χ1) is 9.72. The zero-order chi connectivity index (χ0) is 14.8. The van der Waals surface area contributed by atoms with E-state index >= 15 is 0 Å². The average molecular weight is 278 g/mol. The molecule has 0 bridgehead atoms. The normalized spacial score (nSPS) is 10.3. The van der Waals surface area contributed by atoms with E-state index in [-0.39, 0.29) is 5.91 Å². The van der Waals surface area contributed by atoms with Gasteiger partial charge in [-0.05, 0) is 19.3 Å². The van der Waals surface area contributed by atoms with Crippen LogP contribution >= 0.6 is 0 Å². The molecule has 0 radical (unpaired) electrons. The summed E-state index contributed by atoms with van der Waals surface area (Å²) in [7, 11) is 0. The van der Waals surface area contributed by atoms with Crippen LogP contribution in [0.15, 0.2) is 12.4 Å². The van der Waals surface area contributed by atoms with Gasteiger partial charge in [0.2, 0.25) is 0 Å². The quantitative estimate of drug-likeness (QED) is 0.705. The fourth-order valence-corrected chi connectivity index (χ4v) is 1.99. The van der Waals surface area contributed by atoms with Gasteiger partial charge in [0, 0.05) is 25.7 Å². The Kier molecular flexibility index (Phi) is 7.62. The number of nitrogens with zero attached hydrogens (tertiary/aromatic N) is 3. The number of hydrogen-bond donors (Lipinski definition) is 1. The van der Waals surface area contributed by atoms with Gasteiger partial charge in [-0.1, -0.05) is 27.2 Å². The maximum absolute atomic E-state index is 12.0. The van der Waals surface area contributed by atoms with Crippen molar-refractivity contribution in [2.45, 2.75) is 46.5 Å². The van der Waals surface area contributed by atoms with Gasteiger partial charge in [0.25, 0.3) is 5.91 Å². The molecule has 0 aliphatic heterocycles.